The van der Waals surface area contributed by atoms with E-state index >= 15 is 0 Å². The molecule has 6 nitrogen and oxygen atoms in total. The van der Waals surface area contributed by atoms with Crippen LogP contribution < -0.4 is 5.32 Å². The van der Waals surface area contributed by atoms with Gasteiger partial charge in [0.2, 0.25) is 15.9 Å². The summed E-state index contributed by atoms with van der Waals surface area (Å²) in [6.45, 7) is 1.27. The zero-order valence-corrected chi connectivity index (χ0v) is 16.0. The third kappa shape index (κ3) is 4.73. The van der Waals surface area contributed by atoms with Crippen molar-refractivity contribution in [2.24, 2.45) is 0 Å². The molecule has 1 aliphatic heterocycles. The minimum absolute atomic E-state index is 0.0576. The van der Waals surface area contributed by atoms with E-state index in [4.69, 9.17) is 0 Å². The van der Waals surface area contributed by atoms with E-state index in [0.29, 0.717) is 19.6 Å². The Morgan fingerprint density at radius 2 is 1.54 bits per heavy atom. The van der Waals surface area contributed by atoms with Gasteiger partial charge in [0.25, 0.3) is 0 Å². The van der Waals surface area contributed by atoms with E-state index < -0.39 is 26.6 Å². The molecule has 2 aromatic rings. The fraction of sp³-hybridized carbons (Fsp3) is 0.316. The molecule has 3 rings (SSSR count). The lowest BCUT2D eigenvalue weighted by molar-refractivity contribution is -0.122. The van der Waals surface area contributed by atoms with Crippen molar-refractivity contribution in [1.29, 1.82) is 0 Å². The Labute approximate surface area is 162 Å². The molecule has 1 N–H and O–H groups in total. The van der Waals surface area contributed by atoms with Crippen LogP contribution >= 0.6 is 0 Å². The molecule has 0 aliphatic carbocycles. The van der Waals surface area contributed by atoms with Gasteiger partial charge in [-0.2, -0.15) is 4.31 Å². The number of hydrogen-bond donors (Lipinski definition) is 1. The molecule has 1 amide bonds. The quantitative estimate of drug-likeness (QED) is 0.787. The maximum atomic E-state index is 13.9. The molecule has 1 aliphatic rings. The molecule has 0 radical (unpaired) electrons. The number of sulfonamides is 1. The van der Waals surface area contributed by atoms with Gasteiger partial charge in [0.1, 0.15) is 11.6 Å². The van der Waals surface area contributed by atoms with Gasteiger partial charge in [-0.3, -0.25) is 9.69 Å². The summed E-state index contributed by atoms with van der Waals surface area (Å²) in [6.07, 6.45) is 0. The predicted molar refractivity (Wildman–Crippen MR) is 99.8 cm³/mol. The maximum Gasteiger partial charge on any atom is 0.249 e. The van der Waals surface area contributed by atoms with E-state index in [1.165, 1.54) is 0 Å². The Hall–Kier alpha value is -2.36. The topological polar surface area (TPSA) is 69.7 Å². The first-order valence-corrected chi connectivity index (χ1v) is 10.3. The Bertz CT molecular complexity index is 910. The van der Waals surface area contributed by atoms with E-state index in [9.17, 15) is 22.0 Å². The SMILES string of the molecule is O=C(CN1CCN(S(=O)(=O)c2c(F)cccc2F)CC1)NCc1ccccc1. The molecule has 0 spiro atoms. The van der Waals surface area contributed by atoms with Crippen molar-refractivity contribution in [3.8, 4) is 0 Å². The smallest absolute Gasteiger partial charge is 0.249 e. The number of piperazine rings is 1. The summed E-state index contributed by atoms with van der Waals surface area (Å²) < 4.78 is 53.9. The molecule has 0 bridgehead atoms. The van der Waals surface area contributed by atoms with Gasteiger partial charge in [0.15, 0.2) is 4.90 Å². The average molecular weight is 409 g/mol. The van der Waals surface area contributed by atoms with Gasteiger partial charge in [-0.25, -0.2) is 17.2 Å². The van der Waals surface area contributed by atoms with E-state index in [0.717, 1.165) is 28.1 Å². The van der Waals surface area contributed by atoms with Crippen LogP contribution in [0.1, 0.15) is 5.56 Å². The monoisotopic (exact) mass is 409 g/mol. The van der Waals surface area contributed by atoms with Gasteiger partial charge in [-0.05, 0) is 17.7 Å². The lowest BCUT2D eigenvalue weighted by Gasteiger charge is -2.33. The second-order valence-electron chi connectivity index (χ2n) is 6.49. The number of rotatable bonds is 6. The zero-order chi connectivity index (χ0) is 20.1. The normalized spacial score (nSPS) is 16.1. The van der Waals surface area contributed by atoms with Crippen molar-refractivity contribution in [2.45, 2.75) is 11.4 Å². The van der Waals surface area contributed by atoms with Crippen LogP contribution in [0.5, 0.6) is 0 Å². The maximum absolute atomic E-state index is 13.9. The molecular formula is C19H21F2N3O3S. The Morgan fingerprint density at radius 1 is 0.929 bits per heavy atom. The molecular weight excluding hydrogens is 388 g/mol. The second-order valence-corrected chi connectivity index (χ2v) is 8.37. The Kier molecular flexibility index (Phi) is 6.38. The van der Waals surface area contributed by atoms with Gasteiger partial charge in [0, 0.05) is 32.7 Å². The minimum Gasteiger partial charge on any atom is -0.351 e. The Morgan fingerprint density at radius 3 is 2.14 bits per heavy atom. The van der Waals surface area contributed by atoms with Gasteiger partial charge in [-0.15, -0.1) is 0 Å². The molecule has 2 aromatic carbocycles. The highest BCUT2D eigenvalue weighted by Crippen LogP contribution is 2.23. The minimum atomic E-state index is -4.27. The summed E-state index contributed by atoms with van der Waals surface area (Å²) >= 11 is 0. The molecule has 0 atom stereocenters. The predicted octanol–water partition coefficient (Wildman–Crippen LogP) is 1.59. The van der Waals surface area contributed by atoms with Crippen molar-refractivity contribution >= 4 is 15.9 Å². The largest absolute Gasteiger partial charge is 0.351 e. The number of halogens is 2. The fourth-order valence-corrected chi connectivity index (χ4v) is 4.57. The second kappa shape index (κ2) is 8.76. The highest BCUT2D eigenvalue weighted by Gasteiger charge is 2.33. The third-order valence-electron chi connectivity index (χ3n) is 4.55. The molecule has 0 aromatic heterocycles. The molecule has 150 valence electrons. The molecule has 0 unspecified atom stereocenters. The summed E-state index contributed by atoms with van der Waals surface area (Å²) in [5, 5.41) is 2.82. The van der Waals surface area contributed by atoms with Crippen LogP contribution in [0.3, 0.4) is 0 Å². The van der Waals surface area contributed by atoms with Crippen LogP contribution in [0.25, 0.3) is 0 Å². The number of carbonyl (C=O) groups is 1. The van der Waals surface area contributed by atoms with Crippen molar-refractivity contribution in [3.05, 3.63) is 65.7 Å². The van der Waals surface area contributed by atoms with Gasteiger partial charge >= 0.3 is 0 Å². The van der Waals surface area contributed by atoms with E-state index in [2.05, 4.69) is 5.32 Å². The van der Waals surface area contributed by atoms with Crippen LogP contribution in [0.2, 0.25) is 0 Å². The summed E-state index contributed by atoms with van der Waals surface area (Å²) in [4.78, 5) is 13.0. The first-order chi connectivity index (χ1) is 13.4. The zero-order valence-electron chi connectivity index (χ0n) is 15.1. The fourth-order valence-electron chi connectivity index (χ4n) is 3.04. The number of benzene rings is 2. The van der Waals surface area contributed by atoms with E-state index in [1.54, 1.807) is 0 Å². The molecule has 1 saturated heterocycles. The van der Waals surface area contributed by atoms with Crippen LogP contribution in [0.15, 0.2) is 53.4 Å². The van der Waals surface area contributed by atoms with Crippen molar-refractivity contribution in [3.63, 3.8) is 0 Å². The number of hydrogen-bond acceptors (Lipinski definition) is 4. The number of amides is 1. The number of carbonyl (C=O) groups excluding carboxylic acids is 1. The van der Waals surface area contributed by atoms with Crippen LogP contribution in [0.4, 0.5) is 8.78 Å². The Balaban J connectivity index is 1.53. The molecule has 1 heterocycles. The third-order valence-corrected chi connectivity index (χ3v) is 6.50. The highest BCUT2D eigenvalue weighted by molar-refractivity contribution is 7.89. The summed E-state index contributed by atoms with van der Waals surface area (Å²) in [7, 11) is -4.27. The standard InChI is InChI=1S/C19H21F2N3O3S/c20-16-7-4-8-17(21)19(16)28(26,27)24-11-9-23(10-12-24)14-18(25)22-13-15-5-2-1-3-6-15/h1-8H,9-14H2,(H,22,25). The average Bonchev–Trinajstić information content (AvgIpc) is 2.67. The van der Waals surface area contributed by atoms with Crippen LogP contribution in [-0.2, 0) is 21.4 Å². The summed E-state index contributed by atoms with van der Waals surface area (Å²) in [5.41, 5.74) is 0.985. The first kappa shape index (κ1) is 20.4. The van der Waals surface area contributed by atoms with Gasteiger partial charge in [-0.1, -0.05) is 36.4 Å². The molecule has 0 saturated carbocycles. The number of nitrogens with zero attached hydrogens (tertiary/aromatic N) is 2. The van der Waals surface area contributed by atoms with Crippen LogP contribution in [0, 0.1) is 11.6 Å². The lowest BCUT2D eigenvalue weighted by Crippen LogP contribution is -2.51. The lowest BCUT2D eigenvalue weighted by atomic mass is 10.2. The van der Waals surface area contributed by atoms with E-state index in [-0.39, 0.29) is 25.5 Å². The molecule has 9 heteroatoms. The highest BCUT2D eigenvalue weighted by atomic mass is 32.2. The van der Waals surface area contributed by atoms with Gasteiger partial charge in [0.05, 0.1) is 6.54 Å². The van der Waals surface area contributed by atoms with Crippen molar-refractivity contribution in [1.82, 2.24) is 14.5 Å². The molecule has 28 heavy (non-hydrogen) atoms. The summed E-state index contributed by atoms with van der Waals surface area (Å²) in [6, 6.07) is 12.4. The van der Waals surface area contributed by atoms with Crippen molar-refractivity contribution in [2.75, 3.05) is 32.7 Å². The van der Waals surface area contributed by atoms with Crippen molar-refractivity contribution < 1.29 is 22.0 Å². The first-order valence-electron chi connectivity index (χ1n) is 8.85. The molecule has 1 fully saturated rings. The van der Waals surface area contributed by atoms with Crippen LogP contribution in [-0.4, -0.2) is 56.3 Å². The summed E-state index contributed by atoms with van der Waals surface area (Å²) in [5.74, 6) is -2.38. The number of nitrogens with one attached hydrogen (secondary N) is 1. The van der Waals surface area contributed by atoms with E-state index in [1.807, 2.05) is 35.2 Å². The van der Waals surface area contributed by atoms with Gasteiger partial charge < -0.3 is 5.32 Å².